The molecule has 11 heteroatoms. The minimum atomic E-state index is -4.58. The van der Waals surface area contributed by atoms with E-state index in [1.54, 1.807) is 13.0 Å². The number of carbonyl (C=O) groups excluding carboxylic acids is 1. The molecule has 206 valence electrons. The highest BCUT2D eigenvalue weighted by atomic mass is 19.4. The maximum Gasteiger partial charge on any atom is 0.408 e. The fourth-order valence-electron chi connectivity index (χ4n) is 5.41. The van der Waals surface area contributed by atoms with E-state index in [9.17, 15) is 36.4 Å². The smallest absolute Gasteiger partial charge is 0.342 e. The Kier molecular flexibility index (Phi) is 7.56. The van der Waals surface area contributed by atoms with Gasteiger partial charge in [-0.2, -0.15) is 31.6 Å². The van der Waals surface area contributed by atoms with E-state index < -0.39 is 42.3 Å². The van der Waals surface area contributed by atoms with Crippen molar-refractivity contribution in [3.63, 3.8) is 0 Å². The summed E-state index contributed by atoms with van der Waals surface area (Å²) < 4.78 is 79.8. The van der Waals surface area contributed by atoms with Crippen LogP contribution in [0.15, 0.2) is 50.7 Å². The Hall–Kier alpha value is -3.03. The van der Waals surface area contributed by atoms with Crippen LogP contribution in [0.2, 0.25) is 0 Å². The van der Waals surface area contributed by atoms with Gasteiger partial charge < -0.3 is 10.2 Å². The Bertz CT molecular complexity index is 1180. The van der Waals surface area contributed by atoms with Crippen LogP contribution in [0, 0.1) is 23.2 Å². The second-order valence-electron chi connectivity index (χ2n) is 10.5. The van der Waals surface area contributed by atoms with E-state index in [0.29, 0.717) is 18.5 Å². The number of aliphatic imine (C=N–C) groups is 1. The Labute approximate surface area is 217 Å². The zero-order chi connectivity index (χ0) is 28.0. The summed E-state index contributed by atoms with van der Waals surface area (Å²) in [4.78, 5) is 19.0. The number of fused-ring (bicyclic) bond motifs is 1. The van der Waals surface area contributed by atoms with E-state index in [1.165, 1.54) is 0 Å². The molecular weight excluding hydrogens is 510 g/mol. The van der Waals surface area contributed by atoms with E-state index in [2.05, 4.69) is 11.1 Å². The first-order chi connectivity index (χ1) is 17.7. The SMILES string of the molecule is CC1=C(C2=C(C#N)C3=CC(C(F)(F)F)C=NC3N2C2CCC2)CC(C)C(C(=O)NC(C)C(F)(F)F)=CCC1. The second kappa shape index (κ2) is 10.3. The van der Waals surface area contributed by atoms with Crippen molar-refractivity contribution in [2.24, 2.45) is 16.8 Å². The van der Waals surface area contributed by atoms with Gasteiger partial charge in [0.15, 0.2) is 0 Å². The molecule has 2 aliphatic carbocycles. The average Bonchev–Trinajstić information content (AvgIpc) is 3.09. The molecule has 5 nitrogen and oxygen atoms in total. The highest BCUT2D eigenvalue weighted by Crippen LogP contribution is 2.48. The summed E-state index contributed by atoms with van der Waals surface area (Å²) in [5.41, 5.74) is 2.84. The van der Waals surface area contributed by atoms with E-state index in [0.717, 1.165) is 49.6 Å². The van der Waals surface area contributed by atoms with E-state index in [-0.39, 0.29) is 29.2 Å². The third kappa shape index (κ3) is 5.27. The summed E-state index contributed by atoms with van der Waals surface area (Å²) in [5, 5.41) is 12.2. The summed E-state index contributed by atoms with van der Waals surface area (Å²) in [6.45, 7) is 4.51. The van der Waals surface area contributed by atoms with E-state index in [4.69, 9.17) is 0 Å². The predicted octanol–water partition coefficient (Wildman–Crippen LogP) is 6.28. The zero-order valence-corrected chi connectivity index (χ0v) is 21.4. The molecular formula is C27H30F6N4O. The van der Waals surface area contributed by atoms with Gasteiger partial charge in [0.2, 0.25) is 5.91 Å². The third-order valence-electron chi connectivity index (χ3n) is 7.86. The highest BCUT2D eigenvalue weighted by molar-refractivity contribution is 5.94. The fraction of sp³-hybridized carbons (Fsp3) is 0.593. The van der Waals surface area contributed by atoms with Crippen LogP contribution in [0.5, 0.6) is 0 Å². The number of dihydropyridines is 1. The molecule has 2 heterocycles. The molecule has 0 radical (unpaired) electrons. The largest absolute Gasteiger partial charge is 0.408 e. The summed E-state index contributed by atoms with van der Waals surface area (Å²) in [5.74, 6) is -3.17. The Morgan fingerprint density at radius 2 is 1.92 bits per heavy atom. The first-order valence-electron chi connectivity index (χ1n) is 12.8. The monoisotopic (exact) mass is 540 g/mol. The minimum absolute atomic E-state index is 0.0100. The van der Waals surface area contributed by atoms with Crippen molar-refractivity contribution >= 4 is 12.1 Å². The number of amides is 1. The molecule has 1 fully saturated rings. The second-order valence-corrected chi connectivity index (χ2v) is 10.5. The lowest BCUT2D eigenvalue weighted by Crippen LogP contribution is -2.45. The number of halogens is 6. The normalized spacial score (nSPS) is 27.6. The average molecular weight is 541 g/mol. The summed E-state index contributed by atoms with van der Waals surface area (Å²) in [6.07, 6.45) is -2.48. The lowest BCUT2D eigenvalue weighted by Gasteiger charge is -2.42. The van der Waals surface area contributed by atoms with Gasteiger partial charge in [-0.1, -0.05) is 24.6 Å². The molecule has 2 aliphatic heterocycles. The summed E-state index contributed by atoms with van der Waals surface area (Å²) >= 11 is 0. The molecule has 4 unspecified atom stereocenters. The van der Waals surface area contributed by atoms with Crippen LogP contribution < -0.4 is 5.32 Å². The van der Waals surface area contributed by atoms with Gasteiger partial charge in [0.05, 0.1) is 11.3 Å². The standard InChI is InChI=1S/C27H30F6N4O/c1-14-6-4-9-19(25(38)36-16(3)26(28,29)30)15(2)10-20(14)23-22(12-34)21-11-17(27(31,32)33)13-35-24(21)37(23)18-7-5-8-18/h9,11,13,15-18,24H,4-8,10H2,1-3H3,(H,36,38). The summed E-state index contributed by atoms with van der Waals surface area (Å²) in [6, 6.07) is 0.132. The van der Waals surface area contributed by atoms with Crippen molar-refractivity contribution < 1.29 is 31.1 Å². The minimum Gasteiger partial charge on any atom is -0.342 e. The quantitative estimate of drug-likeness (QED) is 0.427. The molecule has 4 aliphatic rings. The van der Waals surface area contributed by atoms with Crippen molar-refractivity contribution in [2.75, 3.05) is 0 Å². The van der Waals surface area contributed by atoms with Crippen molar-refractivity contribution in [3.8, 4) is 6.07 Å². The topological polar surface area (TPSA) is 68.5 Å². The lowest BCUT2D eigenvalue weighted by atomic mass is 9.83. The number of hydrogen-bond acceptors (Lipinski definition) is 4. The molecule has 38 heavy (non-hydrogen) atoms. The number of nitrogens with one attached hydrogen (secondary N) is 1. The lowest BCUT2D eigenvalue weighted by molar-refractivity contribution is -0.157. The van der Waals surface area contributed by atoms with Gasteiger partial charge in [0.25, 0.3) is 0 Å². The van der Waals surface area contributed by atoms with Gasteiger partial charge in [-0.05, 0) is 63.9 Å². The van der Waals surface area contributed by atoms with E-state index >= 15 is 0 Å². The Balaban J connectivity index is 1.72. The molecule has 0 bridgehead atoms. The molecule has 1 N–H and O–H groups in total. The van der Waals surface area contributed by atoms with Gasteiger partial charge in [0.1, 0.15) is 24.2 Å². The number of alkyl halides is 6. The van der Waals surface area contributed by atoms with Crippen molar-refractivity contribution in [1.82, 2.24) is 10.2 Å². The zero-order valence-electron chi connectivity index (χ0n) is 21.4. The van der Waals surface area contributed by atoms with Crippen LogP contribution in [-0.4, -0.2) is 47.6 Å². The molecule has 1 saturated carbocycles. The number of allylic oxidation sites excluding steroid dienone is 4. The maximum absolute atomic E-state index is 13.5. The number of carbonyl (C=O) groups is 1. The van der Waals surface area contributed by atoms with Crippen LogP contribution in [0.4, 0.5) is 26.3 Å². The molecule has 4 rings (SSSR count). The third-order valence-corrected chi connectivity index (χ3v) is 7.86. The Morgan fingerprint density at radius 1 is 1.24 bits per heavy atom. The molecule has 0 aromatic carbocycles. The molecule has 0 saturated heterocycles. The fourth-order valence-corrected chi connectivity index (χ4v) is 5.41. The summed E-state index contributed by atoms with van der Waals surface area (Å²) in [7, 11) is 0. The van der Waals surface area contributed by atoms with Crippen LogP contribution in [0.25, 0.3) is 0 Å². The number of nitrogens with zero attached hydrogens (tertiary/aromatic N) is 3. The van der Waals surface area contributed by atoms with Crippen molar-refractivity contribution in [3.05, 3.63) is 45.7 Å². The number of nitriles is 1. The molecule has 1 amide bonds. The number of hydrogen-bond donors (Lipinski definition) is 1. The first-order valence-corrected chi connectivity index (χ1v) is 12.8. The van der Waals surface area contributed by atoms with Gasteiger partial charge in [-0.15, -0.1) is 0 Å². The van der Waals surface area contributed by atoms with Crippen LogP contribution in [0.1, 0.15) is 59.3 Å². The molecule has 4 atom stereocenters. The van der Waals surface area contributed by atoms with E-state index in [1.807, 2.05) is 17.1 Å². The van der Waals surface area contributed by atoms with Crippen LogP contribution in [-0.2, 0) is 4.79 Å². The predicted molar refractivity (Wildman–Crippen MR) is 129 cm³/mol. The number of rotatable bonds is 4. The van der Waals surface area contributed by atoms with Gasteiger partial charge in [0, 0.05) is 23.4 Å². The van der Waals surface area contributed by atoms with Crippen LogP contribution in [0.3, 0.4) is 0 Å². The van der Waals surface area contributed by atoms with Gasteiger partial charge in [-0.3, -0.25) is 9.79 Å². The van der Waals surface area contributed by atoms with Gasteiger partial charge >= 0.3 is 12.4 Å². The van der Waals surface area contributed by atoms with Crippen molar-refractivity contribution in [1.29, 1.82) is 5.26 Å². The van der Waals surface area contributed by atoms with Crippen molar-refractivity contribution in [2.45, 2.75) is 89.9 Å². The first kappa shape index (κ1) is 28.0. The van der Waals surface area contributed by atoms with Crippen LogP contribution >= 0.6 is 0 Å². The maximum atomic E-state index is 13.5. The molecule has 0 spiro atoms. The van der Waals surface area contributed by atoms with Gasteiger partial charge in [-0.25, -0.2) is 0 Å². The molecule has 0 aromatic rings. The highest BCUT2D eigenvalue weighted by Gasteiger charge is 2.48. The Morgan fingerprint density at radius 3 is 2.47 bits per heavy atom. The molecule has 0 aromatic heterocycles.